The highest BCUT2D eigenvalue weighted by atomic mass is 32.2. The Morgan fingerprint density at radius 3 is 2.75 bits per heavy atom. The Hall–Kier alpha value is -2.06. The molecule has 0 fully saturated rings. The van der Waals surface area contributed by atoms with Crippen LogP contribution < -0.4 is 16.2 Å². The van der Waals surface area contributed by atoms with Crippen molar-refractivity contribution in [1.82, 2.24) is 9.97 Å². The Bertz CT molecular complexity index is 682. The topological polar surface area (TPSA) is 127 Å². The third-order valence-corrected chi connectivity index (χ3v) is 3.93. The van der Waals surface area contributed by atoms with Crippen LogP contribution in [0.3, 0.4) is 0 Å². The molecular weight excluding hydrogens is 278 g/mol. The molecule has 1 unspecified atom stereocenters. The van der Waals surface area contributed by atoms with Crippen LogP contribution in [0.2, 0.25) is 0 Å². The summed E-state index contributed by atoms with van der Waals surface area (Å²) >= 11 is 0. The van der Waals surface area contributed by atoms with Gasteiger partial charge in [0.15, 0.2) is 0 Å². The zero-order valence-electron chi connectivity index (χ0n) is 11.0. The fourth-order valence-corrected chi connectivity index (χ4v) is 2.62. The molecule has 2 rings (SSSR count). The van der Waals surface area contributed by atoms with E-state index in [-0.39, 0.29) is 16.6 Å². The van der Waals surface area contributed by atoms with E-state index in [2.05, 4.69) is 15.3 Å². The minimum Gasteiger partial charge on any atom is -0.396 e. The van der Waals surface area contributed by atoms with Gasteiger partial charge in [0, 0.05) is 12.4 Å². The SMILES string of the molecule is CCC(Nc1cccc(S(N)(=O)=O)c1N)c1ncc[nH]1. The number of sulfonamides is 1. The minimum atomic E-state index is -3.84. The van der Waals surface area contributed by atoms with Crippen molar-refractivity contribution in [1.29, 1.82) is 0 Å². The molecule has 1 atom stereocenters. The van der Waals surface area contributed by atoms with Crippen molar-refractivity contribution in [2.75, 3.05) is 11.1 Å². The first-order valence-electron chi connectivity index (χ1n) is 6.10. The number of rotatable bonds is 5. The molecule has 1 aromatic carbocycles. The van der Waals surface area contributed by atoms with Crippen molar-refractivity contribution in [2.24, 2.45) is 5.14 Å². The Morgan fingerprint density at radius 2 is 2.20 bits per heavy atom. The summed E-state index contributed by atoms with van der Waals surface area (Å²) in [6, 6.07) is 4.58. The molecule has 0 amide bonds. The lowest BCUT2D eigenvalue weighted by Crippen LogP contribution is -2.17. The number of H-pyrrole nitrogens is 1. The summed E-state index contributed by atoms with van der Waals surface area (Å²) in [5, 5.41) is 8.30. The number of imidazole rings is 1. The molecule has 0 aliphatic carbocycles. The second kappa shape index (κ2) is 5.51. The molecule has 1 heterocycles. The van der Waals surface area contributed by atoms with Crippen LogP contribution in [0, 0.1) is 0 Å². The van der Waals surface area contributed by atoms with E-state index < -0.39 is 10.0 Å². The van der Waals surface area contributed by atoms with E-state index in [0.717, 1.165) is 12.2 Å². The number of nitrogens with one attached hydrogen (secondary N) is 2. The van der Waals surface area contributed by atoms with Gasteiger partial charge in [-0.25, -0.2) is 18.5 Å². The fourth-order valence-electron chi connectivity index (χ4n) is 1.94. The lowest BCUT2D eigenvalue weighted by Gasteiger charge is -2.18. The van der Waals surface area contributed by atoms with Crippen LogP contribution in [0.1, 0.15) is 25.2 Å². The Labute approximate surface area is 117 Å². The molecule has 0 radical (unpaired) electrons. The van der Waals surface area contributed by atoms with Crippen molar-refractivity contribution in [3.8, 4) is 0 Å². The standard InChI is InChI=1S/C12H17N5O2S/c1-2-8(12-15-6-7-16-12)17-9-4-3-5-10(11(9)13)20(14,18)19/h3-8,17H,2,13H2,1H3,(H,15,16)(H2,14,18,19). The minimum absolute atomic E-state index is 0.0863. The van der Waals surface area contributed by atoms with Crippen LogP contribution in [-0.2, 0) is 10.0 Å². The summed E-state index contributed by atoms with van der Waals surface area (Å²) in [5.41, 5.74) is 6.50. The average Bonchev–Trinajstić information content (AvgIpc) is 2.90. The summed E-state index contributed by atoms with van der Waals surface area (Å²) in [5.74, 6) is 0.757. The van der Waals surface area contributed by atoms with Gasteiger partial charge in [-0.2, -0.15) is 0 Å². The van der Waals surface area contributed by atoms with Crippen LogP contribution in [0.5, 0.6) is 0 Å². The van der Waals surface area contributed by atoms with Gasteiger partial charge in [0.2, 0.25) is 10.0 Å². The highest BCUT2D eigenvalue weighted by molar-refractivity contribution is 7.89. The largest absolute Gasteiger partial charge is 0.396 e. The molecular formula is C12H17N5O2S. The lowest BCUT2D eigenvalue weighted by molar-refractivity contribution is 0.598. The van der Waals surface area contributed by atoms with Crippen molar-refractivity contribution in [3.63, 3.8) is 0 Å². The number of aromatic amines is 1. The first-order valence-corrected chi connectivity index (χ1v) is 7.65. The van der Waals surface area contributed by atoms with Crippen molar-refractivity contribution >= 4 is 21.4 Å². The van der Waals surface area contributed by atoms with Gasteiger partial charge in [-0.3, -0.25) is 0 Å². The molecule has 0 spiro atoms. The third kappa shape index (κ3) is 2.91. The number of benzene rings is 1. The maximum atomic E-state index is 11.4. The number of nitrogens with two attached hydrogens (primary N) is 2. The molecule has 0 saturated carbocycles. The predicted octanol–water partition coefficient (Wildman–Crippen LogP) is 1.20. The van der Waals surface area contributed by atoms with Crippen molar-refractivity contribution in [2.45, 2.75) is 24.3 Å². The van der Waals surface area contributed by atoms with Gasteiger partial charge in [0.05, 0.1) is 17.4 Å². The predicted molar refractivity (Wildman–Crippen MR) is 77.5 cm³/mol. The smallest absolute Gasteiger partial charge is 0.240 e. The van der Waals surface area contributed by atoms with Gasteiger partial charge in [-0.05, 0) is 18.6 Å². The molecule has 6 N–H and O–H groups in total. The molecule has 0 bridgehead atoms. The first kappa shape index (κ1) is 14.4. The third-order valence-electron chi connectivity index (χ3n) is 2.96. The molecule has 7 nitrogen and oxygen atoms in total. The molecule has 20 heavy (non-hydrogen) atoms. The van der Waals surface area contributed by atoms with Gasteiger partial charge in [0.25, 0.3) is 0 Å². The van der Waals surface area contributed by atoms with E-state index in [1.165, 1.54) is 6.07 Å². The first-order chi connectivity index (χ1) is 9.43. The van der Waals surface area contributed by atoms with E-state index in [4.69, 9.17) is 10.9 Å². The number of hydrogen-bond donors (Lipinski definition) is 4. The highest BCUT2D eigenvalue weighted by Gasteiger charge is 2.17. The average molecular weight is 295 g/mol. The van der Waals surface area contributed by atoms with E-state index in [0.29, 0.717) is 5.69 Å². The summed E-state index contributed by atoms with van der Waals surface area (Å²) in [7, 11) is -3.84. The van der Waals surface area contributed by atoms with Crippen LogP contribution >= 0.6 is 0 Å². The molecule has 0 aliphatic rings. The van der Waals surface area contributed by atoms with Gasteiger partial charge < -0.3 is 16.0 Å². The molecule has 2 aromatic rings. The molecule has 0 saturated heterocycles. The van der Waals surface area contributed by atoms with Gasteiger partial charge in [0.1, 0.15) is 10.7 Å². The highest BCUT2D eigenvalue weighted by Crippen LogP contribution is 2.29. The van der Waals surface area contributed by atoms with Gasteiger partial charge in [-0.1, -0.05) is 13.0 Å². The number of primary sulfonamides is 1. The Kier molecular flexibility index (Phi) is 3.96. The Balaban J connectivity index is 2.35. The number of hydrogen-bond acceptors (Lipinski definition) is 5. The van der Waals surface area contributed by atoms with Crippen molar-refractivity contribution < 1.29 is 8.42 Å². The Morgan fingerprint density at radius 1 is 1.45 bits per heavy atom. The lowest BCUT2D eigenvalue weighted by atomic mass is 10.2. The van der Waals surface area contributed by atoms with Crippen LogP contribution in [0.4, 0.5) is 11.4 Å². The van der Waals surface area contributed by atoms with E-state index >= 15 is 0 Å². The maximum absolute atomic E-state index is 11.4. The summed E-state index contributed by atoms with van der Waals surface area (Å²) in [6.45, 7) is 1.99. The van der Waals surface area contributed by atoms with E-state index in [9.17, 15) is 8.42 Å². The van der Waals surface area contributed by atoms with Crippen LogP contribution in [0.15, 0.2) is 35.5 Å². The normalized spacial score (nSPS) is 13.1. The number of anilines is 2. The molecule has 108 valence electrons. The quantitative estimate of drug-likeness (QED) is 0.616. The second-order valence-electron chi connectivity index (χ2n) is 4.34. The molecule has 1 aromatic heterocycles. The number of nitrogen functional groups attached to an aromatic ring is 1. The number of nitrogens with zero attached hydrogens (tertiary/aromatic N) is 1. The number of aromatic nitrogens is 2. The summed E-state index contributed by atoms with van der Waals surface area (Å²) in [6.07, 6.45) is 4.14. The number of para-hydroxylation sites is 1. The van der Waals surface area contributed by atoms with Gasteiger partial charge >= 0.3 is 0 Å². The van der Waals surface area contributed by atoms with E-state index in [1.54, 1.807) is 24.5 Å². The monoisotopic (exact) mass is 295 g/mol. The van der Waals surface area contributed by atoms with Crippen molar-refractivity contribution in [3.05, 3.63) is 36.4 Å². The van der Waals surface area contributed by atoms with Gasteiger partial charge in [-0.15, -0.1) is 0 Å². The fraction of sp³-hybridized carbons (Fsp3) is 0.250. The zero-order chi connectivity index (χ0) is 14.8. The molecule has 8 heteroatoms. The maximum Gasteiger partial charge on any atom is 0.240 e. The van der Waals surface area contributed by atoms with Crippen LogP contribution in [-0.4, -0.2) is 18.4 Å². The van der Waals surface area contributed by atoms with E-state index in [1.807, 2.05) is 6.92 Å². The molecule has 0 aliphatic heterocycles. The summed E-state index contributed by atoms with van der Waals surface area (Å²) < 4.78 is 22.9. The van der Waals surface area contributed by atoms with Crippen LogP contribution in [0.25, 0.3) is 0 Å². The summed E-state index contributed by atoms with van der Waals surface area (Å²) in [4.78, 5) is 7.11. The second-order valence-corrected chi connectivity index (χ2v) is 5.87. The zero-order valence-corrected chi connectivity index (χ0v) is 11.8.